The molecule has 1 fully saturated rings. The number of hydrogen-bond donors (Lipinski definition) is 3. The molecule has 182 valence electrons. The van der Waals surface area contributed by atoms with Crippen LogP contribution in [-0.2, 0) is 9.53 Å². The van der Waals surface area contributed by atoms with E-state index in [-0.39, 0.29) is 5.91 Å². The van der Waals surface area contributed by atoms with Gasteiger partial charge >= 0.3 is 6.03 Å². The van der Waals surface area contributed by atoms with Gasteiger partial charge in [0.05, 0.1) is 30.0 Å². The van der Waals surface area contributed by atoms with E-state index < -0.39 is 6.03 Å². The number of pyridine rings is 1. The lowest BCUT2D eigenvalue weighted by Crippen LogP contribution is -2.37. The molecule has 0 saturated carbocycles. The van der Waals surface area contributed by atoms with Crippen molar-refractivity contribution in [3.05, 3.63) is 47.7 Å². The number of urea groups is 1. The van der Waals surface area contributed by atoms with Gasteiger partial charge in [0.1, 0.15) is 16.8 Å². The van der Waals surface area contributed by atoms with Crippen molar-refractivity contribution in [3.8, 4) is 11.4 Å². The van der Waals surface area contributed by atoms with Gasteiger partial charge in [0, 0.05) is 31.3 Å². The van der Waals surface area contributed by atoms with Crippen LogP contribution in [0.1, 0.15) is 6.92 Å². The van der Waals surface area contributed by atoms with E-state index in [9.17, 15) is 9.59 Å². The van der Waals surface area contributed by atoms with Crippen molar-refractivity contribution >= 4 is 58.3 Å². The number of thioether (sulfide) groups is 1. The summed E-state index contributed by atoms with van der Waals surface area (Å²) in [6, 6.07) is 10.0. The second kappa shape index (κ2) is 11.3. The minimum absolute atomic E-state index is 0.218. The van der Waals surface area contributed by atoms with E-state index in [1.165, 1.54) is 24.9 Å². The fourth-order valence-electron chi connectivity index (χ4n) is 3.42. The van der Waals surface area contributed by atoms with Crippen molar-refractivity contribution in [2.75, 3.05) is 53.4 Å². The minimum Gasteiger partial charge on any atom is -0.378 e. The van der Waals surface area contributed by atoms with Gasteiger partial charge in [-0.05, 0) is 42.7 Å². The standard InChI is InChI=1S/C23H24ClN7O3S/c1-14(32)26-18-8-7-17(13-25-18)28-23(33)27-16-5-3-15(4-6-16)21-29-20(24)19(35-2)22(30-21)31-9-11-34-12-10-31/h3-8,13H,9-12H2,1-2H3,(H,25,26,32)(H2,27,28,33). The average molecular weight is 514 g/mol. The number of hydrogen-bond acceptors (Lipinski definition) is 8. The number of anilines is 4. The molecule has 0 atom stereocenters. The van der Waals surface area contributed by atoms with Gasteiger partial charge in [-0.25, -0.2) is 19.7 Å². The van der Waals surface area contributed by atoms with Crippen molar-refractivity contribution in [2.24, 2.45) is 0 Å². The lowest BCUT2D eigenvalue weighted by Gasteiger charge is -2.29. The van der Waals surface area contributed by atoms with Crippen LogP contribution in [0, 0.1) is 0 Å². The van der Waals surface area contributed by atoms with Crippen LogP contribution in [0.15, 0.2) is 47.5 Å². The molecule has 3 heterocycles. The molecular formula is C23H24ClN7O3S. The first-order valence-corrected chi connectivity index (χ1v) is 12.4. The molecule has 0 spiro atoms. The van der Waals surface area contributed by atoms with Crippen LogP contribution >= 0.6 is 23.4 Å². The van der Waals surface area contributed by atoms with Crippen LogP contribution < -0.4 is 20.9 Å². The van der Waals surface area contributed by atoms with E-state index in [1.54, 1.807) is 24.3 Å². The molecule has 2 aromatic heterocycles. The maximum Gasteiger partial charge on any atom is 0.323 e. The van der Waals surface area contributed by atoms with Gasteiger partial charge in [-0.1, -0.05) is 11.6 Å². The number of nitrogens with zero attached hydrogens (tertiary/aromatic N) is 4. The van der Waals surface area contributed by atoms with Crippen molar-refractivity contribution in [3.63, 3.8) is 0 Å². The van der Waals surface area contributed by atoms with Crippen LogP contribution in [0.5, 0.6) is 0 Å². The molecule has 1 aliphatic rings. The Labute approximate surface area is 211 Å². The predicted octanol–water partition coefficient (Wildman–Crippen LogP) is 4.35. The molecule has 1 aromatic carbocycles. The molecular weight excluding hydrogens is 490 g/mol. The SMILES string of the molecule is CSc1c(Cl)nc(-c2ccc(NC(=O)Nc3ccc(NC(C)=O)nc3)cc2)nc1N1CCOCC1. The first-order chi connectivity index (χ1) is 16.9. The Bertz CT molecular complexity index is 1200. The van der Waals surface area contributed by atoms with Gasteiger partial charge in [0.25, 0.3) is 0 Å². The number of carbonyl (C=O) groups is 2. The Morgan fingerprint density at radius 2 is 1.69 bits per heavy atom. The third-order valence-corrected chi connectivity index (χ3v) is 6.22. The topological polar surface area (TPSA) is 121 Å². The molecule has 3 N–H and O–H groups in total. The summed E-state index contributed by atoms with van der Waals surface area (Å²) < 4.78 is 5.46. The fraction of sp³-hybridized carbons (Fsp3) is 0.261. The molecule has 12 heteroatoms. The molecule has 10 nitrogen and oxygen atoms in total. The number of benzene rings is 1. The highest BCUT2D eigenvalue weighted by Gasteiger charge is 2.21. The van der Waals surface area contributed by atoms with E-state index in [4.69, 9.17) is 21.3 Å². The largest absolute Gasteiger partial charge is 0.378 e. The van der Waals surface area contributed by atoms with Crippen LogP contribution in [0.25, 0.3) is 11.4 Å². The summed E-state index contributed by atoms with van der Waals surface area (Å²) in [4.78, 5) is 39.8. The van der Waals surface area contributed by atoms with Crippen LogP contribution in [0.2, 0.25) is 5.15 Å². The molecule has 4 rings (SSSR count). The van der Waals surface area contributed by atoms with E-state index in [0.717, 1.165) is 29.4 Å². The number of rotatable bonds is 6. The average Bonchev–Trinajstić information content (AvgIpc) is 2.85. The van der Waals surface area contributed by atoms with Gasteiger partial charge < -0.3 is 25.6 Å². The number of halogens is 1. The zero-order valence-corrected chi connectivity index (χ0v) is 20.7. The summed E-state index contributed by atoms with van der Waals surface area (Å²) >= 11 is 8.01. The summed E-state index contributed by atoms with van der Waals surface area (Å²) in [6.07, 6.45) is 3.41. The summed E-state index contributed by atoms with van der Waals surface area (Å²) in [5.74, 6) is 1.50. The maximum atomic E-state index is 12.4. The summed E-state index contributed by atoms with van der Waals surface area (Å²) in [6.45, 7) is 4.16. The fourth-order valence-corrected chi connectivity index (χ4v) is 4.39. The molecule has 1 aliphatic heterocycles. The van der Waals surface area contributed by atoms with Crippen LogP contribution in [-0.4, -0.2) is 59.4 Å². The first kappa shape index (κ1) is 24.7. The number of aromatic nitrogens is 3. The van der Waals surface area contributed by atoms with Crippen molar-refractivity contribution in [1.82, 2.24) is 15.0 Å². The van der Waals surface area contributed by atoms with Gasteiger partial charge in [-0.3, -0.25) is 4.79 Å². The van der Waals surface area contributed by atoms with Crippen molar-refractivity contribution < 1.29 is 14.3 Å². The second-order valence-electron chi connectivity index (χ2n) is 7.56. The smallest absolute Gasteiger partial charge is 0.323 e. The van der Waals surface area contributed by atoms with Gasteiger partial charge in [0.15, 0.2) is 5.82 Å². The molecule has 0 aliphatic carbocycles. The second-order valence-corrected chi connectivity index (χ2v) is 8.74. The minimum atomic E-state index is -0.426. The molecule has 0 bridgehead atoms. The van der Waals surface area contributed by atoms with E-state index in [1.807, 2.05) is 18.4 Å². The number of carbonyl (C=O) groups excluding carboxylic acids is 2. The van der Waals surface area contributed by atoms with Gasteiger partial charge in [0.2, 0.25) is 5.91 Å². The third kappa shape index (κ3) is 6.38. The molecule has 1 saturated heterocycles. The molecule has 35 heavy (non-hydrogen) atoms. The van der Waals surface area contributed by atoms with E-state index in [0.29, 0.717) is 41.4 Å². The Balaban J connectivity index is 1.44. The summed E-state index contributed by atoms with van der Waals surface area (Å²) in [5.41, 5.74) is 1.85. The molecule has 3 aromatic rings. The maximum absolute atomic E-state index is 12.4. The van der Waals surface area contributed by atoms with Crippen molar-refractivity contribution in [2.45, 2.75) is 11.8 Å². The van der Waals surface area contributed by atoms with Crippen LogP contribution in [0.4, 0.5) is 27.8 Å². The summed E-state index contributed by atoms with van der Waals surface area (Å²) in [5, 5.41) is 8.44. The predicted molar refractivity (Wildman–Crippen MR) is 138 cm³/mol. The van der Waals surface area contributed by atoms with E-state index in [2.05, 4.69) is 30.8 Å². The number of amides is 3. The quantitative estimate of drug-likeness (QED) is 0.328. The Hall–Kier alpha value is -3.41. The molecule has 0 unspecified atom stereocenters. The highest BCUT2D eigenvalue weighted by atomic mass is 35.5. The molecule has 3 amide bonds. The normalized spacial score (nSPS) is 13.3. The Morgan fingerprint density at radius 3 is 2.31 bits per heavy atom. The monoisotopic (exact) mass is 513 g/mol. The van der Waals surface area contributed by atoms with Crippen molar-refractivity contribution in [1.29, 1.82) is 0 Å². The number of nitrogens with one attached hydrogen (secondary N) is 3. The lowest BCUT2D eigenvalue weighted by atomic mass is 10.2. The third-order valence-electron chi connectivity index (χ3n) is 5.05. The zero-order valence-electron chi connectivity index (χ0n) is 19.2. The number of morpholine rings is 1. The van der Waals surface area contributed by atoms with Crippen LogP contribution in [0.3, 0.4) is 0 Å². The Kier molecular flexibility index (Phi) is 8.01. The highest BCUT2D eigenvalue weighted by molar-refractivity contribution is 7.98. The molecule has 0 radical (unpaired) electrons. The van der Waals surface area contributed by atoms with Gasteiger partial charge in [-0.2, -0.15) is 0 Å². The Morgan fingerprint density at radius 1 is 1.00 bits per heavy atom. The first-order valence-electron chi connectivity index (χ1n) is 10.8. The van der Waals surface area contributed by atoms with Gasteiger partial charge in [-0.15, -0.1) is 11.8 Å². The highest BCUT2D eigenvalue weighted by Crippen LogP contribution is 2.35. The number of ether oxygens (including phenoxy) is 1. The zero-order chi connectivity index (χ0) is 24.8. The van der Waals surface area contributed by atoms with E-state index >= 15 is 0 Å². The lowest BCUT2D eigenvalue weighted by molar-refractivity contribution is -0.114. The summed E-state index contributed by atoms with van der Waals surface area (Å²) in [7, 11) is 0.